The van der Waals surface area contributed by atoms with Gasteiger partial charge in [0.25, 0.3) is 5.91 Å². The van der Waals surface area contributed by atoms with Crippen molar-refractivity contribution in [2.24, 2.45) is 0 Å². The molecular formula is C15H22N2O5. The maximum Gasteiger partial charge on any atom is 0.336 e. The molecule has 7 nitrogen and oxygen atoms in total. The van der Waals surface area contributed by atoms with Crippen molar-refractivity contribution in [2.75, 3.05) is 7.11 Å². The minimum Gasteiger partial charge on any atom is -0.467 e. The number of hydrogen-bond donors (Lipinski definition) is 3. The van der Waals surface area contributed by atoms with E-state index in [0.29, 0.717) is 23.2 Å². The zero-order valence-electron chi connectivity index (χ0n) is 13.4. The van der Waals surface area contributed by atoms with Crippen LogP contribution >= 0.6 is 0 Å². The van der Waals surface area contributed by atoms with Gasteiger partial charge in [-0.25, -0.2) is 4.79 Å². The molecule has 2 unspecified atom stereocenters. The van der Waals surface area contributed by atoms with Gasteiger partial charge in [0, 0.05) is 11.3 Å². The maximum atomic E-state index is 12.3. The van der Waals surface area contributed by atoms with Crippen LogP contribution in [0, 0.1) is 13.8 Å². The highest BCUT2D eigenvalue weighted by molar-refractivity contribution is 6.02. The summed E-state index contributed by atoms with van der Waals surface area (Å²) in [5.41, 5.74) is 1.88. The van der Waals surface area contributed by atoms with E-state index in [-0.39, 0.29) is 11.5 Å². The maximum absolute atomic E-state index is 12.3. The zero-order valence-corrected chi connectivity index (χ0v) is 13.4. The van der Waals surface area contributed by atoms with Crippen molar-refractivity contribution in [1.29, 1.82) is 0 Å². The number of aromatic nitrogens is 1. The molecule has 0 fully saturated rings. The zero-order chi connectivity index (χ0) is 17.0. The molecule has 1 heterocycles. The molecule has 0 radical (unpaired) electrons. The number of ether oxygens (including phenoxy) is 1. The molecule has 0 aliphatic heterocycles. The fourth-order valence-electron chi connectivity index (χ4n) is 2.43. The van der Waals surface area contributed by atoms with E-state index >= 15 is 0 Å². The molecule has 3 N–H and O–H groups in total. The monoisotopic (exact) mass is 310 g/mol. The van der Waals surface area contributed by atoms with Gasteiger partial charge in [-0.3, -0.25) is 9.59 Å². The molecular weight excluding hydrogens is 288 g/mol. The lowest BCUT2D eigenvalue weighted by molar-refractivity contribution is -0.151. The first-order chi connectivity index (χ1) is 10.2. The van der Waals surface area contributed by atoms with Gasteiger partial charge in [-0.1, -0.05) is 6.92 Å². The van der Waals surface area contributed by atoms with Crippen LogP contribution in [0.1, 0.15) is 52.4 Å². The van der Waals surface area contributed by atoms with E-state index in [4.69, 9.17) is 0 Å². The molecule has 0 aliphatic carbocycles. The summed E-state index contributed by atoms with van der Waals surface area (Å²) in [7, 11) is 1.16. The number of carbonyl (C=O) groups is 3. The van der Waals surface area contributed by atoms with Gasteiger partial charge in [0.05, 0.1) is 13.2 Å². The van der Waals surface area contributed by atoms with Crippen LogP contribution in [0.4, 0.5) is 0 Å². The third-order valence-corrected chi connectivity index (χ3v) is 3.60. The van der Waals surface area contributed by atoms with Crippen LogP contribution in [-0.2, 0) is 9.53 Å². The van der Waals surface area contributed by atoms with Crippen LogP contribution in [0.5, 0.6) is 0 Å². The fraction of sp³-hybridized carbons (Fsp3) is 0.533. The summed E-state index contributed by atoms with van der Waals surface area (Å²) in [6.45, 7) is 6.54. The van der Waals surface area contributed by atoms with Gasteiger partial charge in [0.15, 0.2) is 11.9 Å². The Labute approximate surface area is 129 Å². The summed E-state index contributed by atoms with van der Waals surface area (Å²) in [6.07, 6.45) is -1.09. The molecule has 0 bridgehead atoms. The molecule has 7 heteroatoms. The lowest BCUT2D eigenvalue weighted by atomic mass is 10.1. The molecule has 2 atom stereocenters. The van der Waals surface area contributed by atoms with Crippen LogP contribution in [0.3, 0.4) is 0 Å². The first-order valence-corrected chi connectivity index (χ1v) is 7.01. The summed E-state index contributed by atoms with van der Waals surface area (Å²) in [6, 6.07) is -0.774. The fourth-order valence-corrected chi connectivity index (χ4v) is 2.43. The Hall–Kier alpha value is -2.15. The topological polar surface area (TPSA) is 108 Å². The van der Waals surface area contributed by atoms with Gasteiger partial charge >= 0.3 is 5.97 Å². The van der Waals surface area contributed by atoms with E-state index in [1.165, 1.54) is 6.92 Å². The minimum atomic E-state index is -1.44. The van der Waals surface area contributed by atoms with Gasteiger partial charge in [0.2, 0.25) is 0 Å². The van der Waals surface area contributed by atoms with Crippen LogP contribution in [0.15, 0.2) is 0 Å². The Bertz CT molecular complexity index is 591. The summed E-state index contributed by atoms with van der Waals surface area (Å²) in [5, 5.41) is 12.4. The Morgan fingerprint density at radius 2 is 1.91 bits per heavy atom. The number of H-pyrrole nitrogens is 1. The highest BCUT2D eigenvalue weighted by Crippen LogP contribution is 2.18. The number of esters is 1. The quantitative estimate of drug-likeness (QED) is 0.534. The lowest BCUT2D eigenvalue weighted by Crippen LogP contribution is -2.47. The normalized spacial score (nSPS) is 13.4. The van der Waals surface area contributed by atoms with Crippen LogP contribution in [-0.4, -0.2) is 47.0 Å². The number of aliphatic hydroxyl groups excluding tert-OH is 1. The first kappa shape index (κ1) is 17.9. The molecule has 0 saturated heterocycles. The number of amides is 1. The molecule has 1 aromatic rings. The molecule has 0 aliphatic rings. The highest BCUT2D eigenvalue weighted by atomic mass is 16.5. The van der Waals surface area contributed by atoms with E-state index < -0.39 is 24.0 Å². The standard InChI is InChI=1S/C15H22N2O5/c1-6-10(13(19)15(21)22-5)17-14(20)12-7(2)11(9(4)18)8(3)16-12/h10,13,16,19H,6H2,1-5H3,(H,17,20). The minimum absolute atomic E-state index is 0.132. The van der Waals surface area contributed by atoms with Crippen molar-refractivity contribution < 1.29 is 24.2 Å². The number of carbonyl (C=O) groups excluding carboxylic acids is 3. The second-order valence-corrected chi connectivity index (χ2v) is 5.14. The molecule has 22 heavy (non-hydrogen) atoms. The van der Waals surface area contributed by atoms with Gasteiger partial charge in [-0.15, -0.1) is 0 Å². The predicted octanol–water partition coefficient (Wildman–Crippen LogP) is 0.876. The number of methoxy groups -OCH3 is 1. The van der Waals surface area contributed by atoms with E-state index in [1.54, 1.807) is 20.8 Å². The first-order valence-electron chi connectivity index (χ1n) is 7.01. The average Bonchev–Trinajstić information content (AvgIpc) is 2.77. The van der Waals surface area contributed by atoms with Crippen LogP contribution in [0.2, 0.25) is 0 Å². The summed E-state index contributed by atoms with van der Waals surface area (Å²) < 4.78 is 4.47. The van der Waals surface area contributed by atoms with Crippen LogP contribution in [0.25, 0.3) is 0 Å². The molecule has 1 aromatic heterocycles. The molecule has 122 valence electrons. The number of aryl methyl sites for hydroxylation is 1. The molecule has 0 aromatic carbocycles. The van der Waals surface area contributed by atoms with Gasteiger partial charge < -0.3 is 20.1 Å². The number of nitrogens with one attached hydrogen (secondary N) is 2. The second kappa shape index (κ2) is 7.22. The average molecular weight is 310 g/mol. The molecule has 0 spiro atoms. The van der Waals surface area contributed by atoms with Crippen molar-refractivity contribution in [3.05, 3.63) is 22.5 Å². The number of ketones is 1. The Balaban J connectivity index is 3.00. The largest absolute Gasteiger partial charge is 0.467 e. The predicted molar refractivity (Wildman–Crippen MR) is 79.8 cm³/mol. The lowest BCUT2D eigenvalue weighted by Gasteiger charge is -2.20. The Morgan fingerprint density at radius 3 is 2.32 bits per heavy atom. The summed E-state index contributed by atoms with van der Waals surface area (Å²) in [5.74, 6) is -1.43. The van der Waals surface area contributed by atoms with Crippen molar-refractivity contribution >= 4 is 17.7 Å². The number of rotatable bonds is 6. The molecule has 0 saturated carbocycles. The Kier molecular flexibility index (Phi) is 5.87. The van der Waals surface area contributed by atoms with Crippen molar-refractivity contribution in [1.82, 2.24) is 10.3 Å². The Morgan fingerprint density at radius 1 is 1.32 bits per heavy atom. The van der Waals surface area contributed by atoms with Crippen molar-refractivity contribution in [3.8, 4) is 0 Å². The third-order valence-electron chi connectivity index (χ3n) is 3.60. The van der Waals surface area contributed by atoms with Gasteiger partial charge in [-0.2, -0.15) is 0 Å². The van der Waals surface area contributed by atoms with E-state index in [1.807, 2.05) is 0 Å². The highest BCUT2D eigenvalue weighted by Gasteiger charge is 2.29. The summed E-state index contributed by atoms with van der Waals surface area (Å²) >= 11 is 0. The van der Waals surface area contributed by atoms with E-state index in [0.717, 1.165) is 7.11 Å². The number of Topliss-reactive ketones (excluding diaryl/α,β-unsaturated/α-hetero) is 1. The van der Waals surface area contributed by atoms with E-state index in [9.17, 15) is 19.5 Å². The second-order valence-electron chi connectivity index (χ2n) is 5.14. The van der Waals surface area contributed by atoms with Gasteiger partial charge in [-0.05, 0) is 32.8 Å². The molecule has 1 rings (SSSR count). The third kappa shape index (κ3) is 3.54. The van der Waals surface area contributed by atoms with Crippen LogP contribution < -0.4 is 5.32 Å². The van der Waals surface area contributed by atoms with Crippen molar-refractivity contribution in [2.45, 2.75) is 46.3 Å². The number of aromatic amines is 1. The number of hydrogen-bond acceptors (Lipinski definition) is 5. The molecule has 1 amide bonds. The van der Waals surface area contributed by atoms with E-state index in [2.05, 4.69) is 15.0 Å². The SMILES string of the molecule is CCC(NC(=O)c1[nH]c(C)c(C(C)=O)c1C)C(O)C(=O)OC. The van der Waals surface area contributed by atoms with Gasteiger partial charge in [0.1, 0.15) is 5.69 Å². The van der Waals surface area contributed by atoms with Crippen molar-refractivity contribution in [3.63, 3.8) is 0 Å². The summed E-state index contributed by atoms with van der Waals surface area (Å²) in [4.78, 5) is 38.1. The number of aliphatic hydroxyl groups is 1. The smallest absolute Gasteiger partial charge is 0.336 e.